The Morgan fingerprint density at radius 1 is 0.920 bits per heavy atom. The minimum atomic E-state index is -0.0930. The van der Waals surface area contributed by atoms with Crippen LogP contribution in [0, 0.1) is 0 Å². The van der Waals surface area contributed by atoms with E-state index in [1.807, 2.05) is 37.3 Å². The normalized spacial score (nSPS) is 18.8. The lowest BCUT2D eigenvalue weighted by Gasteiger charge is -2.18. The van der Waals surface area contributed by atoms with Crippen LogP contribution in [-0.2, 0) is 0 Å². The molecule has 4 nitrogen and oxygen atoms in total. The summed E-state index contributed by atoms with van der Waals surface area (Å²) >= 11 is 0. The van der Waals surface area contributed by atoms with E-state index in [1.165, 1.54) is 0 Å². The van der Waals surface area contributed by atoms with Gasteiger partial charge in [-0.15, -0.1) is 0 Å². The average Bonchev–Trinajstić information content (AvgIpc) is 2.97. The molecule has 2 unspecified atom stereocenters. The van der Waals surface area contributed by atoms with Gasteiger partial charge in [-0.3, -0.25) is 0 Å². The zero-order valence-corrected chi connectivity index (χ0v) is 15.3. The van der Waals surface area contributed by atoms with Gasteiger partial charge < -0.3 is 18.9 Å². The topological polar surface area (TPSA) is 36.9 Å². The second-order valence-corrected chi connectivity index (χ2v) is 6.08. The SMILES string of the molecule is C/C=C\c1cc(OC)c2c(c1)C(C)C(c1ccc(OC)c(OC)c1)O2. The number of hydrogen-bond acceptors (Lipinski definition) is 4. The van der Waals surface area contributed by atoms with Crippen LogP contribution < -0.4 is 18.9 Å². The molecule has 0 spiro atoms. The molecule has 0 saturated carbocycles. The van der Waals surface area contributed by atoms with E-state index in [0.717, 1.165) is 28.2 Å². The predicted molar refractivity (Wildman–Crippen MR) is 99.0 cm³/mol. The van der Waals surface area contributed by atoms with Crippen LogP contribution in [0.4, 0.5) is 0 Å². The number of hydrogen-bond donors (Lipinski definition) is 0. The van der Waals surface area contributed by atoms with Crippen molar-refractivity contribution in [1.29, 1.82) is 0 Å². The molecule has 1 aliphatic heterocycles. The molecule has 0 saturated heterocycles. The van der Waals surface area contributed by atoms with Gasteiger partial charge in [0.15, 0.2) is 23.0 Å². The van der Waals surface area contributed by atoms with Gasteiger partial charge in [0.2, 0.25) is 0 Å². The Labute approximate surface area is 149 Å². The summed E-state index contributed by atoms with van der Waals surface area (Å²) in [6, 6.07) is 10.1. The van der Waals surface area contributed by atoms with Gasteiger partial charge in [0.1, 0.15) is 6.10 Å². The van der Waals surface area contributed by atoms with E-state index in [4.69, 9.17) is 18.9 Å². The van der Waals surface area contributed by atoms with Crippen molar-refractivity contribution in [3.8, 4) is 23.0 Å². The molecule has 3 rings (SSSR count). The van der Waals surface area contributed by atoms with Crippen molar-refractivity contribution in [1.82, 2.24) is 0 Å². The van der Waals surface area contributed by atoms with E-state index >= 15 is 0 Å². The average molecular weight is 340 g/mol. The summed E-state index contributed by atoms with van der Waals surface area (Å²) in [5.74, 6) is 3.20. The van der Waals surface area contributed by atoms with Gasteiger partial charge in [-0.05, 0) is 42.3 Å². The van der Waals surface area contributed by atoms with Crippen molar-refractivity contribution in [2.75, 3.05) is 21.3 Å². The van der Waals surface area contributed by atoms with Crippen LogP contribution >= 0.6 is 0 Å². The largest absolute Gasteiger partial charge is 0.493 e. The van der Waals surface area contributed by atoms with Gasteiger partial charge in [-0.25, -0.2) is 0 Å². The highest BCUT2D eigenvalue weighted by Crippen LogP contribution is 2.51. The van der Waals surface area contributed by atoms with E-state index in [2.05, 4.69) is 19.1 Å². The monoisotopic (exact) mass is 340 g/mol. The van der Waals surface area contributed by atoms with Crippen molar-refractivity contribution < 1.29 is 18.9 Å². The summed E-state index contributed by atoms with van der Waals surface area (Å²) in [6.07, 6.45) is 4.00. The molecule has 2 atom stereocenters. The minimum absolute atomic E-state index is 0.0930. The standard InChI is InChI=1S/C21H24O4/c1-6-7-14-10-16-13(2)20(25-21(16)19(11-14)24-5)15-8-9-17(22-3)18(12-15)23-4/h6-13,20H,1-5H3/b7-6-. The molecule has 2 aromatic rings. The number of benzene rings is 2. The van der Waals surface area contributed by atoms with Crippen molar-refractivity contribution in [3.05, 3.63) is 53.1 Å². The summed E-state index contributed by atoms with van der Waals surface area (Å²) in [7, 11) is 4.95. The van der Waals surface area contributed by atoms with Gasteiger partial charge in [0.05, 0.1) is 21.3 Å². The minimum Gasteiger partial charge on any atom is -0.493 e. The molecule has 0 N–H and O–H groups in total. The lowest BCUT2D eigenvalue weighted by Crippen LogP contribution is -2.07. The number of methoxy groups -OCH3 is 3. The van der Waals surface area contributed by atoms with Gasteiger partial charge >= 0.3 is 0 Å². The maximum absolute atomic E-state index is 6.29. The van der Waals surface area contributed by atoms with Gasteiger partial charge in [0, 0.05) is 11.5 Å². The Kier molecular flexibility index (Phi) is 4.88. The molecule has 0 bridgehead atoms. The highest BCUT2D eigenvalue weighted by atomic mass is 16.5. The highest BCUT2D eigenvalue weighted by Gasteiger charge is 2.35. The Morgan fingerprint density at radius 2 is 1.64 bits per heavy atom. The second-order valence-electron chi connectivity index (χ2n) is 6.08. The molecule has 0 fully saturated rings. The van der Waals surface area contributed by atoms with E-state index in [1.54, 1.807) is 21.3 Å². The lowest BCUT2D eigenvalue weighted by molar-refractivity contribution is 0.207. The van der Waals surface area contributed by atoms with E-state index in [9.17, 15) is 0 Å². The maximum Gasteiger partial charge on any atom is 0.165 e. The Morgan fingerprint density at radius 3 is 2.28 bits per heavy atom. The molecule has 0 amide bonds. The van der Waals surface area contributed by atoms with Crippen molar-refractivity contribution in [2.45, 2.75) is 25.9 Å². The highest BCUT2D eigenvalue weighted by molar-refractivity contribution is 5.62. The molecule has 1 aliphatic rings. The maximum atomic E-state index is 6.29. The Balaban J connectivity index is 2.01. The summed E-state index contributed by atoms with van der Waals surface area (Å²) in [5.41, 5.74) is 3.32. The van der Waals surface area contributed by atoms with Gasteiger partial charge in [-0.2, -0.15) is 0 Å². The quantitative estimate of drug-likeness (QED) is 0.769. The van der Waals surface area contributed by atoms with Gasteiger partial charge in [0.25, 0.3) is 0 Å². The molecule has 132 valence electrons. The number of ether oxygens (including phenoxy) is 4. The smallest absolute Gasteiger partial charge is 0.165 e. The van der Waals surface area contributed by atoms with Crippen molar-refractivity contribution in [3.63, 3.8) is 0 Å². The van der Waals surface area contributed by atoms with Crippen LogP contribution in [0.3, 0.4) is 0 Å². The first-order valence-corrected chi connectivity index (χ1v) is 8.36. The third-order valence-corrected chi connectivity index (χ3v) is 4.61. The first kappa shape index (κ1) is 17.2. The Bertz CT molecular complexity index is 795. The molecular formula is C21H24O4. The third kappa shape index (κ3) is 3.04. The first-order valence-electron chi connectivity index (χ1n) is 8.36. The molecule has 0 aliphatic carbocycles. The number of fused-ring (bicyclic) bond motifs is 1. The molecule has 0 radical (unpaired) electrons. The number of allylic oxidation sites excluding steroid dienone is 1. The zero-order chi connectivity index (χ0) is 18.0. The summed E-state index contributed by atoms with van der Waals surface area (Å²) in [4.78, 5) is 0. The third-order valence-electron chi connectivity index (χ3n) is 4.61. The second kappa shape index (κ2) is 7.09. The van der Waals surface area contributed by atoms with Crippen molar-refractivity contribution >= 4 is 6.08 Å². The molecule has 4 heteroatoms. The predicted octanol–water partition coefficient (Wildman–Crippen LogP) is 4.98. The fraction of sp³-hybridized carbons (Fsp3) is 0.333. The summed E-state index contributed by atoms with van der Waals surface area (Å²) in [5, 5.41) is 0. The molecule has 2 aromatic carbocycles. The van der Waals surface area contributed by atoms with Crippen LogP contribution in [0.25, 0.3) is 6.08 Å². The van der Waals surface area contributed by atoms with Crippen LogP contribution in [0.2, 0.25) is 0 Å². The van der Waals surface area contributed by atoms with E-state index < -0.39 is 0 Å². The molecular weight excluding hydrogens is 316 g/mol. The summed E-state index contributed by atoms with van der Waals surface area (Å²) in [6.45, 7) is 4.18. The van der Waals surface area contributed by atoms with Gasteiger partial charge in [-0.1, -0.05) is 25.1 Å². The first-order chi connectivity index (χ1) is 12.1. The molecule has 0 aromatic heterocycles. The molecule has 1 heterocycles. The van der Waals surface area contributed by atoms with Crippen LogP contribution in [0.15, 0.2) is 36.4 Å². The van der Waals surface area contributed by atoms with Crippen LogP contribution in [0.1, 0.15) is 42.6 Å². The fourth-order valence-electron chi connectivity index (χ4n) is 3.33. The van der Waals surface area contributed by atoms with E-state index in [-0.39, 0.29) is 12.0 Å². The summed E-state index contributed by atoms with van der Waals surface area (Å²) < 4.78 is 22.6. The van der Waals surface area contributed by atoms with Crippen LogP contribution in [-0.4, -0.2) is 21.3 Å². The van der Waals surface area contributed by atoms with Crippen molar-refractivity contribution in [2.24, 2.45) is 0 Å². The van der Waals surface area contributed by atoms with Crippen LogP contribution in [0.5, 0.6) is 23.0 Å². The molecule has 25 heavy (non-hydrogen) atoms. The number of rotatable bonds is 5. The lowest BCUT2D eigenvalue weighted by atomic mass is 9.91. The Hall–Kier alpha value is -2.62. The fourth-order valence-corrected chi connectivity index (χ4v) is 3.33. The zero-order valence-electron chi connectivity index (χ0n) is 15.3. The van der Waals surface area contributed by atoms with E-state index in [0.29, 0.717) is 11.5 Å².